The predicted molar refractivity (Wildman–Crippen MR) is 101 cm³/mol. The lowest BCUT2D eigenvalue weighted by Gasteiger charge is -2.34. The van der Waals surface area contributed by atoms with Crippen LogP contribution in [0.4, 0.5) is 5.69 Å². The highest BCUT2D eigenvalue weighted by atomic mass is 35.5. The number of methoxy groups -OCH3 is 1. The number of benzene rings is 1. The lowest BCUT2D eigenvalue weighted by atomic mass is 9.91. The van der Waals surface area contributed by atoms with E-state index >= 15 is 0 Å². The van der Waals surface area contributed by atoms with Crippen molar-refractivity contribution in [2.75, 3.05) is 51.8 Å². The van der Waals surface area contributed by atoms with Crippen molar-refractivity contribution < 1.29 is 19.1 Å². The normalized spacial score (nSPS) is 19.3. The number of hydrogen-bond donors (Lipinski definition) is 2. The molecule has 0 bridgehead atoms. The van der Waals surface area contributed by atoms with Crippen LogP contribution in [-0.4, -0.2) is 68.8 Å². The fourth-order valence-corrected chi connectivity index (χ4v) is 3.28. The highest BCUT2D eigenvalue weighted by Gasteiger charge is 2.39. The third-order valence-corrected chi connectivity index (χ3v) is 4.88. The summed E-state index contributed by atoms with van der Waals surface area (Å²) in [5.41, 5.74) is 0.366. The van der Waals surface area contributed by atoms with Crippen LogP contribution in [0.25, 0.3) is 0 Å². The number of carbonyl (C=O) groups excluding carboxylic acids is 2. The minimum absolute atomic E-state index is 0. The first-order valence-corrected chi connectivity index (χ1v) is 8.69. The number of rotatable bonds is 4. The number of anilines is 1. The summed E-state index contributed by atoms with van der Waals surface area (Å²) in [7, 11) is 1.57. The van der Waals surface area contributed by atoms with Crippen molar-refractivity contribution in [3.8, 4) is 0 Å². The smallest absolute Gasteiger partial charge is 0.256 e. The Morgan fingerprint density at radius 1 is 1.23 bits per heavy atom. The van der Waals surface area contributed by atoms with Gasteiger partial charge in [-0.15, -0.1) is 12.4 Å². The Kier molecular flexibility index (Phi) is 7.40. The van der Waals surface area contributed by atoms with Crippen LogP contribution in [0.1, 0.15) is 23.2 Å². The molecule has 0 atom stereocenters. The third-order valence-electron chi connectivity index (χ3n) is 4.88. The van der Waals surface area contributed by atoms with Crippen molar-refractivity contribution in [3.63, 3.8) is 0 Å². The van der Waals surface area contributed by atoms with Crippen LogP contribution in [0.2, 0.25) is 0 Å². The molecule has 2 aliphatic rings. The Morgan fingerprint density at radius 3 is 2.58 bits per heavy atom. The zero-order chi connectivity index (χ0) is 17.7. The average Bonchev–Trinajstić information content (AvgIpc) is 2.68. The first kappa shape index (κ1) is 20.6. The molecule has 1 aromatic carbocycles. The topological polar surface area (TPSA) is 79.9 Å². The van der Waals surface area contributed by atoms with Gasteiger partial charge >= 0.3 is 0 Å². The maximum atomic E-state index is 12.7. The van der Waals surface area contributed by atoms with Gasteiger partial charge in [-0.05, 0) is 44.1 Å². The van der Waals surface area contributed by atoms with E-state index in [1.807, 2.05) is 0 Å². The highest BCUT2D eigenvalue weighted by Crippen LogP contribution is 2.25. The van der Waals surface area contributed by atoms with Crippen molar-refractivity contribution in [1.82, 2.24) is 10.2 Å². The quantitative estimate of drug-likeness (QED) is 0.819. The molecular formula is C18H26ClN3O4. The first-order valence-electron chi connectivity index (χ1n) is 8.69. The van der Waals surface area contributed by atoms with Crippen molar-refractivity contribution in [3.05, 3.63) is 29.8 Å². The van der Waals surface area contributed by atoms with Crippen LogP contribution < -0.4 is 10.6 Å². The number of ether oxygens (including phenoxy) is 2. The summed E-state index contributed by atoms with van der Waals surface area (Å²) in [6.07, 6.45) is 1.25. The first-order chi connectivity index (χ1) is 12.1. The molecule has 2 saturated heterocycles. The van der Waals surface area contributed by atoms with E-state index in [1.54, 1.807) is 36.3 Å². The minimum Gasteiger partial charge on any atom is -0.378 e. The summed E-state index contributed by atoms with van der Waals surface area (Å²) in [6, 6.07) is 7.06. The van der Waals surface area contributed by atoms with E-state index < -0.39 is 5.60 Å². The largest absolute Gasteiger partial charge is 0.378 e. The average molecular weight is 384 g/mol. The molecule has 144 valence electrons. The number of morpholine rings is 1. The van der Waals surface area contributed by atoms with Crippen LogP contribution in [0.3, 0.4) is 0 Å². The van der Waals surface area contributed by atoms with Gasteiger partial charge in [0.25, 0.3) is 11.8 Å². The standard InChI is InChI=1S/C18H25N3O4.ClH/c1-24-18(5-7-19-8-6-18)17(23)20-15-4-2-3-14(13-15)16(22)21-9-11-25-12-10-21;/h2-4,13,19H,5-12H2,1H3,(H,20,23);1H. The van der Waals surface area contributed by atoms with Crippen molar-refractivity contribution in [2.45, 2.75) is 18.4 Å². The van der Waals surface area contributed by atoms with Gasteiger partial charge in [-0.2, -0.15) is 0 Å². The van der Waals surface area contributed by atoms with Crippen LogP contribution >= 0.6 is 12.4 Å². The zero-order valence-electron chi connectivity index (χ0n) is 15.0. The number of carbonyl (C=O) groups is 2. The minimum atomic E-state index is -0.810. The Morgan fingerprint density at radius 2 is 1.92 bits per heavy atom. The molecule has 7 nitrogen and oxygen atoms in total. The van der Waals surface area contributed by atoms with Crippen LogP contribution in [0.5, 0.6) is 0 Å². The molecule has 1 aromatic rings. The summed E-state index contributed by atoms with van der Waals surface area (Å²) in [4.78, 5) is 27.1. The summed E-state index contributed by atoms with van der Waals surface area (Å²) in [6.45, 7) is 3.80. The summed E-state index contributed by atoms with van der Waals surface area (Å²) in [5.74, 6) is -0.199. The number of piperidine rings is 1. The monoisotopic (exact) mass is 383 g/mol. The van der Waals surface area contributed by atoms with Gasteiger partial charge in [0.15, 0.2) is 0 Å². The van der Waals surface area contributed by atoms with Crippen LogP contribution in [0.15, 0.2) is 24.3 Å². The number of hydrogen-bond acceptors (Lipinski definition) is 5. The Bertz CT molecular complexity index is 629. The fourth-order valence-electron chi connectivity index (χ4n) is 3.28. The predicted octanol–water partition coefficient (Wildman–Crippen LogP) is 1.29. The number of amides is 2. The van der Waals surface area contributed by atoms with Gasteiger partial charge in [0.2, 0.25) is 0 Å². The van der Waals surface area contributed by atoms with Gasteiger partial charge in [-0.1, -0.05) is 6.07 Å². The second kappa shape index (κ2) is 9.32. The highest BCUT2D eigenvalue weighted by molar-refractivity contribution is 6.00. The molecule has 0 radical (unpaired) electrons. The molecule has 2 heterocycles. The molecule has 0 spiro atoms. The van der Waals surface area contributed by atoms with Crippen molar-refractivity contribution >= 4 is 29.9 Å². The SMILES string of the molecule is COC1(C(=O)Nc2cccc(C(=O)N3CCOCC3)c2)CCNCC1.Cl. The van der Waals surface area contributed by atoms with Crippen molar-refractivity contribution in [1.29, 1.82) is 0 Å². The molecule has 26 heavy (non-hydrogen) atoms. The second-order valence-corrected chi connectivity index (χ2v) is 6.39. The molecule has 3 rings (SSSR count). The van der Waals surface area contributed by atoms with E-state index in [4.69, 9.17) is 9.47 Å². The molecule has 0 aromatic heterocycles. The molecule has 2 N–H and O–H groups in total. The number of halogens is 1. The third kappa shape index (κ3) is 4.54. The fraction of sp³-hybridized carbons (Fsp3) is 0.556. The van der Waals surface area contributed by atoms with Gasteiger partial charge in [0, 0.05) is 31.5 Å². The van der Waals surface area contributed by atoms with Gasteiger partial charge in [-0.25, -0.2) is 0 Å². The molecule has 0 unspecified atom stereocenters. The number of nitrogens with zero attached hydrogens (tertiary/aromatic N) is 1. The Labute approximate surface area is 159 Å². The van der Waals surface area contributed by atoms with Gasteiger partial charge < -0.3 is 25.0 Å². The maximum Gasteiger partial charge on any atom is 0.256 e. The Hall–Kier alpha value is -1.67. The summed E-state index contributed by atoms with van der Waals surface area (Å²) >= 11 is 0. The molecular weight excluding hydrogens is 358 g/mol. The van der Waals surface area contributed by atoms with E-state index in [0.29, 0.717) is 50.4 Å². The Balaban J connectivity index is 0.00000243. The lowest BCUT2D eigenvalue weighted by Crippen LogP contribution is -2.51. The van der Waals surface area contributed by atoms with Crippen LogP contribution in [-0.2, 0) is 14.3 Å². The van der Waals surface area contributed by atoms with Gasteiger partial charge in [0.1, 0.15) is 5.60 Å². The molecule has 2 fully saturated rings. The molecule has 0 saturated carbocycles. The van der Waals surface area contributed by atoms with E-state index in [0.717, 1.165) is 13.1 Å². The zero-order valence-corrected chi connectivity index (χ0v) is 15.8. The maximum absolute atomic E-state index is 12.7. The lowest BCUT2D eigenvalue weighted by molar-refractivity contribution is -0.140. The van der Waals surface area contributed by atoms with Gasteiger partial charge in [-0.3, -0.25) is 9.59 Å². The second-order valence-electron chi connectivity index (χ2n) is 6.39. The molecule has 2 amide bonds. The molecule has 0 aliphatic carbocycles. The molecule has 8 heteroatoms. The van der Waals surface area contributed by atoms with E-state index in [-0.39, 0.29) is 24.2 Å². The van der Waals surface area contributed by atoms with Gasteiger partial charge in [0.05, 0.1) is 13.2 Å². The van der Waals surface area contributed by atoms with Crippen molar-refractivity contribution in [2.24, 2.45) is 0 Å². The summed E-state index contributed by atoms with van der Waals surface area (Å²) in [5, 5.41) is 6.15. The van der Waals surface area contributed by atoms with E-state index in [9.17, 15) is 9.59 Å². The summed E-state index contributed by atoms with van der Waals surface area (Å²) < 4.78 is 10.8. The number of nitrogens with one attached hydrogen (secondary N) is 2. The van der Waals surface area contributed by atoms with Crippen LogP contribution in [0, 0.1) is 0 Å². The van der Waals surface area contributed by atoms with E-state index in [1.165, 1.54) is 0 Å². The molecule has 2 aliphatic heterocycles. The van der Waals surface area contributed by atoms with E-state index in [2.05, 4.69) is 10.6 Å².